The van der Waals surface area contributed by atoms with Gasteiger partial charge in [0.25, 0.3) is 0 Å². The van der Waals surface area contributed by atoms with E-state index in [2.05, 4.69) is 6.92 Å². The summed E-state index contributed by atoms with van der Waals surface area (Å²) in [4.78, 5) is 13.8. The molecule has 94 valence electrons. The van der Waals surface area contributed by atoms with Crippen molar-refractivity contribution in [3.8, 4) is 0 Å². The van der Waals surface area contributed by atoms with E-state index in [-0.39, 0.29) is 17.9 Å². The van der Waals surface area contributed by atoms with Crippen LogP contribution in [-0.2, 0) is 4.79 Å². The van der Waals surface area contributed by atoms with Crippen molar-refractivity contribution in [3.63, 3.8) is 0 Å². The van der Waals surface area contributed by atoms with Gasteiger partial charge in [0, 0.05) is 19.5 Å². The van der Waals surface area contributed by atoms with E-state index in [0.717, 1.165) is 6.42 Å². The average Bonchev–Trinajstić information content (AvgIpc) is 2.29. The van der Waals surface area contributed by atoms with E-state index in [1.807, 2.05) is 11.8 Å². The third-order valence-corrected chi connectivity index (χ3v) is 3.59. The maximum atomic E-state index is 12.0. The van der Waals surface area contributed by atoms with Gasteiger partial charge in [0.1, 0.15) is 0 Å². The molecule has 1 aliphatic heterocycles. The number of carbonyl (C=O) groups is 1. The first-order valence-corrected chi connectivity index (χ1v) is 6.24. The highest BCUT2D eigenvalue weighted by molar-refractivity contribution is 5.76. The van der Waals surface area contributed by atoms with Crippen LogP contribution in [0.15, 0.2) is 0 Å². The maximum Gasteiger partial charge on any atom is 0.222 e. The third kappa shape index (κ3) is 3.46. The van der Waals surface area contributed by atoms with Crippen molar-refractivity contribution in [1.82, 2.24) is 4.90 Å². The standard InChI is InChI=1S/C12H24N2O2/c1-3-10(7-13)6-12(16)14-5-4-11(15)9(2)8-14/h9-11,15H,3-8,13H2,1-2H3. The van der Waals surface area contributed by atoms with Crippen LogP contribution in [0.5, 0.6) is 0 Å². The fraction of sp³-hybridized carbons (Fsp3) is 0.917. The van der Waals surface area contributed by atoms with Gasteiger partial charge < -0.3 is 15.7 Å². The molecule has 3 unspecified atom stereocenters. The summed E-state index contributed by atoms with van der Waals surface area (Å²) >= 11 is 0. The molecule has 0 aromatic heterocycles. The molecule has 0 bridgehead atoms. The maximum absolute atomic E-state index is 12.0. The zero-order valence-electron chi connectivity index (χ0n) is 10.4. The van der Waals surface area contributed by atoms with Crippen LogP contribution >= 0.6 is 0 Å². The number of hydrogen-bond donors (Lipinski definition) is 2. The Bertz CT molecular complexity index is 229. The summed E-state index contributed by atoms with van der Waals surface area (Å²) in [6.07, 6.45) is 1.96. The number of aliphatic hydroxyl groups is 1. The number of aliphatic hydroxyl groups excluding tert-OH is 1. The predicted molar refractivity (Wildman–Crippen MR) is 63.8 cm³/mol. The monoisotopic (exact) mass is 228 g/mol. The quantitative estimate of drug-likeness (QED) is 0.740. The van der Waals surface area contributed by atoms with Gasteiger partial charge >= 0.3 is 0 Å². The molecule has 0 aromatic rings. The first kappa shape index (κ1) is 13.5. The van der Waals surface area contributed by atoms with Crippen LogP contribution in [-0.4, -0.2) is 41.7 Å². The minimum atomic E-state index is -0.250. The molecule has 0 saturated carbocycles. The number of hydrogen-bond acceptors (Lipinski definition) is 3. The van der Waals surface area contributed by atoms with Gasteiger partial charge in [-0.15, -0.1) is 0 Å². The molecule has 3 N–H and O–H groups in total. The molecule has 1 saturated heterocycles. The lowest BCUT2D eigenvalue weighted by Crippen LogP contribution is -2.45. The fourth-order valence-electron chi connectivity index (χ4n) is 2.13. The van der Waals surface area contributed by atoms with E-state index in [1.165, 1.54) is 0 Å². The van der Waals surface area contributed by atoms with Gasteiger partial charge in [-0.05, 0) is 24.8 Å². The molecule has 1 amide bonds. The normalized spacial score (nSPS) is 27.9. The summed E-state index contributed by atoms with van der Waals surface area (Å²) < 4.78 is 0. The summed E-state index contributed by atoms with van der Waals surface area (Å²) in [6.45, 7) is 6.00. The van der Waals surface area contributed by atoms with Gasteiger partial charge in [-0.25, -0.2) is 0 Å². The Balaban J connectivity index is 2.42. The molecule has 0 aromatic carbocycles. The van der Waals surface area contributed by atoms with E-state index in [0.29, 0.717) is 38.4 Å². The van der Waals surface area contributed by atoms with E-state index >= 15 is 0 Å². The van der Waals surface area contributed by atoms with Crippen molar-refractivity contribution in [3.05, 3.63) is 0 Å². The number of piperidine rings is 1. The molecule has 1 heterocycles. The molecule has 1 aliphatic rings. The summed E-state index contributed by atoms with van der Waals surface area (Å²) in [6, 6.07) is 0. The smallest absolute Gasteiger partial charge is 0.222 e. The van der Waals surface area contributed by atoms with Crippen molar-refractivity contribution in [2.45, 2.75) is 39.2 Å². The van der Waals surface area contributed by atoms with Gasteiger partial charge in [0.15, 0.2) is 0 Å². The van der Waals surface area contributed by atoms with E-state index in [4.69, 9.17) is 5.73 Å². The fourth-order valence-corrected chi connectivity index (χ4v) is 2.13. The number of amides is 1. The van der Waals surface area contributed by atoms with Crippen molar-refractivity contribution >= 4 is 5.91 Å². The first-order valence-electron chi connectivity index (χ1n) is 6.24. The Morgan fingerprint density at radius 3 is 2.81 bits per heavy atom. The zero-order chi connectivity index (χ0) is 12.1. The molecule has 1 rings (SSSR count). The lowest BCUT2D eigenvalue weighted by Gasteiger charge is -2.35. The van der Waals surface area contributed by atoms with E-state index in [9.17, 15) is 9.90 Å². The van der Waals surface area contributed by atoms with Crippen molar-refractivity contribution in [2.75, 3.05) is 19.6 Å². The number of nitrogens with zero attached hydrogens (tertiary/aromatic N) is 1. The molecule has 4 nitrogen and oxygen atoms in total. The first-order chi connectivity index (χ1) is 7.58. The molecule has 16 heavy (non-hydrogen) atoms. The molecule has 0 spiro atoms. The Kier molecular flexibility index (Phi) is 5.22. The third-order valence-electron chi connectivity index (χ3n) is 3.59. The SMILES string of the molecule is CCC(CN)CC(=O)N1CCC(O)C(C)C1. The van der Waals surface area contributed by atoms with Crippen LogP contribution in [0.3, 0.4) is 0 Å². The minimum absolute atomic E-state index is 0.190. The second-order valence-electron chi connectivity index (χ2n) is 4.89. The molecule has 1 fully saturated rings. The molecule has 3 atom stereocenters. The molecule has 0 aliphatic carbocycles. The van der Waals surface area contributed by atoms with Crippen LogP contribution in [0.1, 0.15) is 33.1 Å². The highest BCUT2D eigenvalue weighted by Gasteiger charge is 2.27. The molecule has 4 heteroatoms. The zero-order valence-corrected chi connectivity index (χ0v) is 10.4. The van der Waals surface area contributed by atoms with Gasteiger partial charge in [0.05, 0.1) is 6.10 Å². The van der Waals surface area contributed by atoms with Crippen molar-refractivity contribution in [1.29, 1.82) is 0 Å². The molecular formula is C12H24N2O2. The van der Waals surface area contributed by atoms with Crippen LogP contribution in [0.4, 0.5) is 0 Å². The Hall–Kier alpha value is -0.610. The summed E-state index contributed by atoms with van der Waals surface area (Å²) in [5, 5.41) is 9.59. The predicted octanol–water partition coefficient (Wildman–Crippen LogP) is 0.591. The second-order valence-corrected chi connectivity index (χ2v) is 4.89. The van der Waals surface area contributed by atoms with Gasteiger partial charge in [0.2, 0.25) is 5.91 Å². The highest BCUT2D eigenvalue weighted by Crippen LogP contribution is 2.18. The van der Waals surface area contributed by atoms with Crippen LogP contribution < -0.4 is 5.73 Å². The lowest BCUT2D eigenvalue weighted by molar-refractivity contribution is -0.135. The van der Waals surface area contributed by atoms with Crippen molar-refractivity contribution < 1.29 is 9.90 Å². The summed E-state index contributed by atoms with van der Waals surface area (Å²) in [5.41, 5.74) is 5.60. The van der Waals surface area contributed by atoms with Gasteiger partial charge in [-0.3, -0.25) is 4.79 Å². The Labute approximate surface area is 97.8 Å². The lowest BCUT2D eigenvalue weighted by atomic mass is 9.95. The highest BCUT2D eigenvalue weighted by atomic mass is 16.3. The van der Waals surface area contributed by atoms with Crippen LogP contribution in [0.25, 0.3) is 0 Å². The number of likely N-dealkylation sites (tertiary alicyclic amines) is 1. The van der Waals surface area contributed by atoms with Gasteiger partial charge in [-0.2, -0.15) is 0 Å². The largest absolute Gasteiger partial charge is 0.393 e. The van der Waals surface area contributed by atoms with Crippen molar-refractivity contribution in [2.24, 2.45) is 17.6 Å². The molecular weight excluding hydrogens is 204 g/mol. The van der Waals surface area contributed by atoms with Gasteiger partial charge in [-0.1, -0.05) is 20.3 Å². The summed E-state index contributed by atoms with van der Waals surface area (Å²) in [5.74, 6) is 0.682. The minimum Gasteiger partial charge on any atom is -0.393 e. The topological polar surface area (TPSA) is 66.6 Å². The number of carbonyl (C=O) groups excluding carboxylic acids is 1. The Morgan fingerprint density at radius 2 is 2.31 bits per heavy atom. The van der Waals surface area contributed by atoms with Crippen LogP contribution in [0.2, 0.25) is 0 Å². The van der Waals surface area contributed by atoms with E-state index < -0.39 is 0 Å². The number of nitrogens with two attached hydrogens (primary N) is 1. The Morgan fingerprint density at radius 1 is 1.62 bits per heavy atom. The second kappa shape index (κ2) is 6.21. The summed E-state index contributed by atoms with van der Waals surface area (Å²) in [7, 11) is 0. The number of rotatable bonds is 4. The van der Waals surface area contributed by atoms with E-state index in [1.54, 1.807) is 0 Å². The average molecular weight is 228 g/mol. The molecule has 0 radical (unpaired) electrons. The van der Waals surface area contributed by atoms with Crippen LogP contribution in [0, 0.1) is 11.8 Å².